The van der Waals surface area contributed by atoms with E-state index in [4.69, 9.17) is 11.6 Å². The molecule has 0 amide bonds. The van der Waals surface area contributed by atoms with Gasteiger partial charge in [0.15, 0.2) is 0 Å². The molecule has 0 bridgehead atoms. The van der Waals surface area contributed by atoms with Crippen LogP contribution in [0, 0.1) is 0 Å². The van der Waals surface area contributed by atoms with Gasteiger partial charge in [0.05, 0.1) is 0 Å². The number of nitrogens with two attached hydrogens (primary N) is 2. The van der Waals surface area contributed by atoms with E-state index in [1.54, 1.807) is 6.20 Å². The summed E-state index contributed by atoms with van der Waals surface area (Å²) >= 11 is 3.47. The molecule has 5 heteroatoms. The van der Waals surface area contributed by atoms with E-state index in [0.29, 0.717) is 5.82 Å². The Morgan fingerprint density at radius 3 is 2.53 bits per heavy atom. The zero-order valence-electron chi connectivity index (χ0n) is 10.5. The van der Waals surface area contributed by atoms with Gasteiger partial charge in [-0.15, -0.1) is 0 Å². The van der Waals surface area contributed by atoms with Crippen molar-refractivity contribution in [3.63, 3.8) is 0 Å². The molecule has 100 valence electrons. The maximum Gasteiger partial charge on any atom is 0.123 e. The summed E-state index contributed by atoms with van der Waals surface area (Å²) in [6.07, 6.45) is 3.39. The standard InChI is InChI=1S/C14H17BrN4/c15-12-3-1-2-10(6-12)7-13(19-17)8-11-4-5-18-14(16)9-11/h1-6,9,13,19H,7-8,17H2,(H2,16,18). The minimum Gasteiger partial charge on any atom is -0.384 e. The fourth-order valence-corrected chi connectivity index (χ4v) is 2.49. The molecule has 1 atom stereocenters. The molecule has 0 saturated carbocycles. The van der Waals surface area contributed by atoms with Crippen LogP contribution in [0.3, 0.4) is 0 Å². The second kappa shape index (κ2) is 6.65. The van der Waals surface area contributed by atoms with E-state index in [1.807, 2.05) is 24.3 Å². The van der Waals surface area contributed by atoms with Crippen LogP contribution in [0.2, 0.25) is 0 Å². The number of nitrogens with zero attached hydrogens (tertiary/aromatic N) is 1. The van der Waals surface area contributed by atoms with E-state index in [0.717, 1.165) is 22.9 Å². The van der Waals surface area contributed by atoms with Gasteiger partial charge in [0.25, 0.3) is 0 Å². The van der Waals surface area contributed by atoms with Crippen molar-refractivity contribution in [3.8, 4) is 0 Å². The number of rotatable bonds is 5. The Hall–Kier alpha value is -1.43. The summed E-state index contributed by atoms with van der Waals surface area (Å²) in [5, 5.41) is 0. The molecule has 1 aromatic heterocycles. The molecule has 4 nitrogen and oxygen atoms in total. The van der Waals surface area contributed by atoms with Crippen molar-refractivity contribution in [2.75, 3.05) is 5.73 Å². The average Bonchev–Trinajstić information content (AvgIpc) is 2.38. The number of hydrazine groups is 1. The lowest BCUT2D eigenvalue weighted by molar-refractivity contribution is 0.522. The number of nitrogen functional groups attached to an aromatic ring is 1. The second-order valence-corrected chi connectivity index (χ2v) is 5.41. The van der Waals surface area contributed by atoms with E-state index in [-0.39, 0.29) is 6.04 Å². The second-order valence-electron chi connectivity index (χ2n) is 4.49. The molecule has 1 unspecified atom stereocenters. The molecular weight excluding hydrogens is 304 g/mol. The van der Waals surface area contributed by atoms with Crippen LogP contribution >= 0.6 is 15.9 Å². The zero-order valence-corrected chi connectivity index (χ0v) is 12.1. The van der Waals surface area contributed by atoms with Crippen LogP contribution in [0.15, 0.2) is 47.1 Å². The van der Waals surface area contributed by atoms with Gasteiger partial charge in [0.1, 0.15) is 5.82 Å². The van der Waals surface area contributed by atoms with Crippen LogP contribution in [0.1, 0.15) is 11.1 Å². The lowest BCUT2D eigenvalue weighted by atomic mass is 10.00. The number of benzene rings is 1. The monoisotopic (exact) mass is 320 g/mol. The number of nitrogens with one attached hydrogen (secondary N) is 1. The summed E-state index contributed by atoms with van der Waals surface area (Å²) in [6, 6.07) is 12.2. The first kappa shape index (κ1) is 14.0. The Morgan fingerprint density at radius 1 is 1.16 bits per heavy atom. The first-order valence-corrected chi connectivity index (χ1v) is 6.87. The van der Waals surface area contributed by atoms with Gasteiger partial charge in [-0.25, -0.2) is 4.98 Å². The van der Waals surface area contributed by atoms with Gasteiger partial charge in [0, 0.05) is 16.7 Å². The van der Waals surface area contributed by atoms with E-state index in [1.165, 1.54) is 5.56 Å². The Kier molecular flexibility index (Phi) is 4.90. The van der Waals surface area contributed by atoms with Crippen molar-refractivity contribution in [1.29, 1.82) is 0 Å². The molecule has 2 aromatic rings. The number of halogens is 1. The maximum absolute atomic E-state index is 5.68. The van der Waals surface area contributed by atoms with Gasteiger partial charge >= 0.3 is 0 Å². The minimum absolute atomic E-state index is 0.163. The molecule has 0 aliphatic heterocycles. The van der Waals surface area contributed by atoms with Gasteiger partial charge in [0.2, 0.25) is 0 Å². The molecule has 2 rings (SSSR count). The summed E-state index contributed by atoms with van der Waals surface area (Å²) in [7, 11) is 0. The van der Waals surface area contributed by atoms with Crippen molar-refractivity contribution in [1.82, 2.24) is 10.4 Å². The van der Waals surface area contributed by atoms with Crippen molar-refractivity contribution in [2.45, 2.75) is 18.9 Å². The van der Waals surface area contributed by atoms with Crippen molar-refractivity contribution >= 4 is 21.7 Å². The van der Waals surface area contributed by atoms with Crippen LogP contribution < -0.4 is 17.0 Å². The molecule has 0 aliphatic rings. The molecule has 0 fully saturated rings. The van der Waals surface area contributed by atoms with Crippen LogP contribution in [-0.4, -0.2) is 11.0 Å². The van der Waals surface area contributed by atoms with Gasteiger partial charge in [-0.3, -0.25) is 11.3 Å². The predicted molar refractivity (Wildman–Crippen MR) is 81.3 cm³/mol. The molecule has 5 N–H and O–H groups in total. The highest BCUT2D eigenvalue weighted by atomic mass is 79.9. The Labute approximate surface area is 121 Å². The van der Waals surface area contributed by atoms with E-state index in [2.05, 4.69) is 38.5 Å². The smallest absolute Gasteiger partial charge is 0.123 e. The van der Waals surface area contributed by atoms with Crippen molar-refractivity contribution in [2.24, 2.45) is 5.84 Å². The SMILES string of the molecule is NNC(Cc1cccc(Br)c1)Cc1ccnc(N)c1. The molecule has 1 heterocycles. The number of pyridine rings is 1. The molecule has 0 saturated heterocycles. The average molecular weight is 321 g/mol. The number of hydrogen-bond donors (Lipinski definition) is 3. The Morgan fingerprint density at radius 2 is 1.89 bits per heavy atom. The van der Waals surface area contributed by atoms with Gasteiger partial charge in [-0.1, -0.05) is 28.1 Å². The zero-order chi connectivity index (χ0) is 13.7. The minimum atomic E-state index is 0.163. The first-order valence-electron chi connectivity index (χ1n) is 6.08. The summed E-state index contributed by atoms with van der Waals surface area (Å²) < 4.78 is 1.08. The molecule has 0 aliphatic carbocycles. The van der Waals surface area contributed by atoms with Crippen LogP contribution in [0.25, 0.3) is 0 Å². The fraction of sp³-hybridized carbons (Fsp3) is 0.214. The lowest BCUT2D eigenvalue weighted by Crippen LogP contribution is -2.38. The van der Waals surface area contributed by atoms with Crippen LogP contribution in [0.4, 0.5) is 5.82 Å². The topological polar surface area (TPSA) is 77.0 Å². The van der Waals surface area contributed by atoms with Gasteiger partial charge in [-0.05, 0) is 48.2 Å². The Balaban J connectivity index is 2.04. The largest absolute Gasteiger partial charge is 0.384 e. The highest BCUT2D eigenvalue weighted by Crippen LogP contribution is 2.15. The summed E-state index contributed by atoms with van der Waals surface area (Å²) in [6.45, 7) is 0. The lowest BCUT2D eigenvalue weighted by Gasteiger charge is -2.16. The third-order valence-electron chi connectivity index (χ3n) is 2.93. The summed E-state index contributed by atoms with van der Waals surface area (Å²) in [5.74, 6) is 6.17. The normalized spacial score (nSPS) is 12.3. The summed E-state index contributed by atoms with van der Waals surface area (Å²) in [4.78, 5) is 3.99. The molecule has 19 heavy (non-hydrogen) atoms. The highest BCUT2D eigenvalue weighted by molar-refractivity contribution is 9.10. The number of aromatic nitrogens is 1. The number of anilines is 1. The summed E-state index contributed by atoms with van der Waals surface area (Å²) in [5.41, 5.74) is 10.9. The first-order chi connectivity index (χ1) is 9.17. The van der Waals surface area contributed by atoms with Crippen molar-refractivity contribution < 1.29 is 0 Å². The Bertz CT molecular complexity index is 497. The van der Waals surface area contributed by atoms with Crippen LogP contribution in [-0.2, 0) is 12.8 Å². The highest BCUT2D eigenvalue weighted by Gasteiger charge is 2.09. The molecule has 1 aromatic carbocycles. The quantitative estimate of drug-likeness (QED) is 0.582. The van der Waals surface area contributed by atoms with E-state index < -0.39 is 0 Å². The molecular formula is C14H17BrN4. The van der Waals surface area contributed by atoms with Gasteiger partial charge < -0.3 is 5.73 Å². The molecule has 0 spiro atoms. The number of hydrogen-bond acceptors (Lipinski definition) is 4. The third-order valence-corrected chi connectivity index (χ3v) is 3.43. The molecule has 0 radical (unpaired) electrons. The van der Waals surface area contributed by atoms with E-state index in [9.17, 15) is 0 Å². The van der Waals surface area contributed by atoms with E-state index >= 15 is 0 Å². The van der Waals surface area contributed by atoms with Crippen molar-refractivity contribution in [3.05, 3.63) is 58.2 Å². The predicted octanol–water partition coefficient (Wildman–Crippen LogP) is 2.04. The van der Waals surface area contributed by atoms with Gasteiger partial charge in [-0.2, -0.15) is 0 Å². The van der Waals surface area contributed by atoms with Crippen LogP contribution in [0.5, 0.6) is 0 Å². The fourth-order valence-electron chi connectivity index (χ4n) is 2.04. The maximum atomic E-state index is 5.68. The third kappa shape index (κ3) is 4.31.